The molecule has 0 saturated carbocycles. The number of aryl methyl sites for hydroxylation is 1. The van der Waals surface area contributed by atoms with E-state index in [4.69, 9.17) is 5.73 Å². The average Bonchev–Trinajstić information content (AvgIpc) is 2.84. The Labute approximate surface area is 123 Å². The molecule has 1 aromatic heterocycles. The van der Waals surface area contributed by atoms with Crippen molar-refractivity contribution >= 4 is 11.6 Å². The molecule has 0 spiro atoms. The summed E-state index contributed by atoms with van der Waals surface area (Å²) in [7, 11) is 0. The SMILES string of the molecule is CC(C)CC(C)(CN)NC(=O)CCn1cc([N+](=O)[O-])cn1. The number of nitrogens with one attached hydrogen (secondary N) is 1. The topological polar surface area (TPSA) is 116 Å². The van der Waals surface area contributed by atoms with E-state index in [0.29, 0.717) is 19.0 Å². The number of rotatable bonds is 8. The third-order valence-electron chi connectivity index (χ3n) is 3.15. The van der Waals surface area contributed by atoms with E-state index in [1.54, 1.807) is 0 Å². The fourth-order valence-corrected chi connectivity index (χ4v) is 2.27. The summed E-state index contributed by atoms with van der Waals surface area (Å²) >= 11 is 0. The Bertz CT molecular complexity index is 500. The first-order chi connectivity index (χ1) is 9.75. The molecule has 0 aliphatic heterocycles. The van der Waals surface area contributed by atoms with Crippen molar-refractivity contribution in [1.29, 1.82) is 0 Å². The summed E-state index contributed by atoms with van der Waals surface area (Å²) in [6.45, 7) is 6.72. The van der Waals surface area contributed by atoms with Gasteiger partial charge in [-0.2, -0.15) is 5.10 Å². The molecule has 0 radical (unpaired) electrons. The van der Waals surface area contributed by atoms with E-state index < -0.39 is 10.5 Å². The van der Waals surface area contributed by atoms with Gasteiger partial charge in [-0.25, -0.2) is 0 Å². The van der Waals surface area contributed by atoms with E-state index in [9.17, 15) is 14.9 Å². The van der Waals surface area contributed by atoms with Crippen LogP contribution in [0.4, 0.5) is 5.69 Å². The number of nitrogens with zero attached hydrogens (tertiary/aromatic N) is 3. The molecule has 0 aliphatic rings. The zero-order valence-electron chi connectivity index (χ0n) is 12.7. The van der Waals surface area contributed by atoms with Crippen molar-refractivity contribution < 1.29 is 9.72 Å². The zero-order valence-corrected chi connectivity index (χ0v) is 12.7. The summed E-state index contributed by atoms with van der Waals surface area (Å²) in [4.78, 5) is 22.0. The van der Waals surface area contributed by atoms with Crippen molar-refractivity contribution in [3.05, 3.63) is 22.5 Å². The highest BCUT2D eigenvalue weighted by molar-refractivity contribution is 5.76. The molecule has 1 aromatic rings. The smallest absolute Gasteiger partial charge is 0.306 e. The van der Waals surface area contributed by atoms with Gasteiger partial charge in [0.15, 0.2) is 0 Å². The molecule has 0 fully saturated rings. The number of aromatic nitrogens is 2. The number of carbonyl (C=O) groups excluding carboxylic acids is 1. The largest absolute Gasteiger partial charge is 0.350 e. The lowest BCUT2D eigenvalue weighted by molar-refractivity contribution is -0.385. The second kappa shape index (κ2) is 7.16. The van der Waals surface area contributed by atoms with Gasteiger partial charge in [0.1, 0.15) is 12.4 Å². The van der Waals surface area contributed by atoms with Gasteiger partial charge in [-0.05, 0) is 19.3 Å². The quantitative estimate of drug-likeness (QED) is 0.549. The minimum Gasteiger partial charge on any atom is -0.350 e. The normalized spacial score (nSPS) is 14.0. The van der Waals surface area contributed by atoms with Crippen LogP contribution in [0.25, 0.3) is 0 Å². The maximum absolute atomic E-state index is 12.0. The van der Waals surface area contributed by atoms with Gasteiger partial charge in [0, 0.05) is 25.0 Å². The van der Waals surface area contributed by atoms with Gasteiger partial charge < -0.3 is 11.1 Å². The number of nitro groups is 1. The first kappa shape index (κ1) is 17.1. The Balaban J connectivity index is 2.50. The number of amides is 1. The fraction of sp³-hybridized carbons (Fsp3) is 0.692. The summed E-state index contributed by atoms with van der Waals surface area (Å²) in [5.74, 6) is 0.286. The molecule has 1 rings (SSSR count). The van der Waals surface area contributed by atoms with Crippen LogP contribution in [0.3, 0.4) is 0 Å². The molecule has 8 heteroatoms. The van der Waals surface area contributed by atoms with Crippen LogP contribution in [-0.2, 0) is 11.3 Å². The summed E-state index contributed by atoms with van der Waals surface area (Å²) in [6, 6.07) is 0. The Kier molecular flexibility index (Phi) is 5.83. The summed E-state index contributed by atoms with van der Waals surface area (Å²) in [5.41, 5.74) is 5.23. The van der Waals surface area contributed by atoms with Crippen molar-refractivity contribution in [2.24, 2.45) is 11.7 Å². The van der Waals surface area contributed by atoms with Crippen LogP contribution in [0.1, 0.15) is 33.6 Å². The molecule has 1 atom stereocenters. The lowest BCUT2D eigenvalue weighted by Crippen LogP contribution is -2.52. The highest BCUT2D eigenvalue weighted by Crippen LogP contribution is 2.15. The molecular formula is C13H23N5O3. The third-order valence-corrected chi connectivity index (χ3v) is 3.15. The number of nitrogens with two attached hydrogens (primary N) is 1. The van der Waals surface area contributed by atoms with Crippen molar-refractivity contribution in [1.82, 2.24) is 15.1 Å². The van der Waals surface area contributed by atoms with E-state index in [1.165, 1.54) is 17.1 Å². The lowest BCUT2D eigenvalue weighted by atomic mass is 9.90. The second-order valence-corrected chi connectivity index (χ2v) is 5.88. The molecule has 21 heavy (non-hydrogen) atoms. The van der Waals surface area contributed by atoms with E-state index >= 15 is 0 Å². The molecule has 8 nitrogen and oxygen atoms in total. The monoisotopic (exact) mass is 297 g/mol. The molecule has 0 aromatic carbocycles. The first-order valence-corrected chi connectivity index (χ1v) is 6.93. The van der Waals surface area contributed by atoms with Gasteiger partial charge >= 0.3 is 5.69 Å². The Morgan fingerprint density at radius 1 is 1.62 bits per heavy atom. The van der Waals surface area contributed by atoms with Gasteiger partial charge in [0.05, 0.1) is 4.92 Å². The molecule has 1 heterocycles. The summed E-state index contributed by atoms with van der Waals surface area (Å²) in [5, 5.41) is 17.3. The van der Waals surface area contributed by atoms with Gasteiger partial charge in [-0.3, -0.25) is 19.6 Å². The molecule has 0 aliphatic carbocycles. The van der Waals surface area contributed by atoms with Crippen LogP contribution in [0.15, 0.2) is 12.4 Å². The van der Waals surface area contributed by atoms with Crippen LogP contribution in [0, 0.1) is 16.0 Å². The van der Waals surface area contributed by atoms with Gasteiger partial charge in [-0.1, -0.05) is 13.8 Å². The lowest BCUT2D eigenvalue weighted by Gasteiger charge is -2.31. The molecule has 1 unspecified atom stereocenters. The minimum absolute atomic E-state index is 0.0815. The standard InChI is InChI=1S/C13H23N5O3/c1-10(2)6-13(3,9-14)16-12(19)4-5-17-8-11(7-15-17)18(20)21/h7-8,10H,4-6,9,14H2,1-3H3,(H,16,19). The molecule has 0 saturated heterocycles. The maximum atomic E-state index is 12.0. The van der Waals surface area contributed by atoms with E-state index in [2.05, 4.69) is 24.3 Å². The first-order valence-electron chi connectivity index (χ1n) is 6.93. The summed E-state index contributed by atoms with van der Waals surface area (Å²) in [6.07, 6.45) is 3.47. The fourth-order valence-electron chi connectivity index (χ4n) is 2.27. The van der Waals surface area contributed by atoms with E-state index in [-0.39, 0.29) is 18.0 Å². The predicted molar refractivity (Wildman–Crippen MR) is 78.6 cm³/mol. The average molecular weight is 297 g/mol. The Hall–Kier alpha value is -1.96. The Morgan fingerprint density at radius 2 is 2.29 bits per heavy atom. The van der Waals surface area contributed by atoms with Gasteiger partial charge in [-0.15, -0.1) is 0 Å². The second-order valence-electron chi connectivity index (χ2n) is 5.88. The van der Waals surface area contributed by atoms with Crippen molar-refractivity contribution in [3.63, 3.8) is 0 Å². The molecule has 118 valence electrons. The van der Waals surface area contributed by atoms with Crippen LogP contribution >= 0.6 is 0 Å². The minimum atomic E-state index is -0.516. The van der Waals surface area contributed by atoms with Crippen LogP contribution in [-0.4, -0.2) is 32.7 Å². The summed E-state index contributed by atoms with van der Waals surface area (Å²) < 4.78 is 1.39. The Morgan fingerprint density at radius 3 is 2.76 bits per heavy atom. The molecule has 0 bridgehead atoms. The number of hydrogen-bond donors (Lipinski definition) is 2. The van der Waals surface area contributed by atoms with Crippen molar-refractivity contribution in [3.8, 4) is 0 Å². The van der Waals surface area contributed by atoms with Gasteiger partial charge in [0.25, 0.3) is 0 Å². The van der Waals surface area contributed by atoms with Crippen LogP contribution < -0.4 is 11.1 Å². The number of hydrogen-bond acceptors (Lipinski definition) is 5. The highest BCUT2D eigenvalue weighted by atomic mass is 16.6. The van der Waals surface area contributed by atoms with Crippen molar-refractivity contribution in [2.75, 3.05) is 6.54 Å². The van der Waals surface area contributed by atoms with Crippen LogP contribution in [0.5, 0.6) is 0 Å². The maximum Gasteiger partial charge on any atom is 0.306 e. The van der Waals surface area contributed by atoms with E-state index in [1.807, 2.05) is 6.92 Å². The predicted octanol–water partition coefficient (Wildman–Crippen LogP) is 1.06. The molecule has 3 N–H and O–H groups in total. The van der Waals surface area contributed by atoms with Crippen molar-refractivity contribution in [2.45, 2.75) is 45.7 Å². The molecule has 1 amide bonds. The highest BCUT2D eigenvalue weighted by Gasteiger charge is 2.25. The zero-order chi connectivity index (χ0) is 16.0. The van der Waals surface area contributed by atoms with Gasteiger partial charge in [0.2, 0.25) is 5.91 Å². The van der Waals surface area contributed by atoms with E-state index in [0.717, 1.165) is 6.42 Å². The van der Waals surface area contributed by atoms with Crippen LogP contribution in [0.2, 0.25) is 0 Å². The number of carbonyl (C=O) groups is 1. The molecular weight excluding hydrogens is 274 g/mol. The third kappa shape index (κ3) is 5.50.